The number of aromatic amines is 1. The molecule has 1 atom stereocenters. The average Bonchev–Trinajstić information content (AvgIpc) is 3.35. The Kier molecular flexibility index (Phi) is 9.03. The first-order chi connectivity index (χ1) is 22.6. The van der Waals surface area contributed by atoms with Gasteiger partial charge in [-0.1, -0.05) is 77.2 Å². The number of benzene rings is 3. The van der Waals surface area contributed by atoms with Crippen molar-refractivity contribution in [3.8, 4) is 0 Å². The number of H-pyrrole nitrogens is 1. The molecule has 3 heterocycles. The van der Waals surface area contributed by atoms with Gasteiger partial charge < -0.3 is 9.72 Å². The van der Waals surface area contributed by atoms with E-state index in [1.807, 2.05) is 30.3 Å². The molecule has 5 aromatic rings. The molecule has 0 unspecified atom stereocenters. The van der Waals surface area contributed by atoms with Gasteiger partial charge in [0.25, 0.3) is 16.8 Å². The highest BCUT2D eigenvalue weighted by molar-refractivity contribution is 7.99. The molecule has 47 heavy (non-hydrogen) atoms. The monoisotopic (exact) mass is 685 g/mol. The molecule has 0 radical (unpaired) electrons. The quantitative estimate of drug-likeness (QED) is 0.103. The Balaban J connectivity index is 1.61. The smallest absolute Gasteiger partial charge is 0.338 e. The zero-order valence-electron chi connectivity index (χ0n) is 24.8. The van der Waals surface area contributed by atoms with Crippen LogP contribution in [0.5, 0.6) is 0 Å². The lowest BCUT2D eigenvalue weighted by molar-refractivity contribution is -0.384. The van der Waals surface area contributed by atoms with Crippen molar-refractivity contribution in [3.63, 3.8) is 0 Å². The van der Waals surface area contributed by atoms with Crippen LogP contribution in [-0.2, 0) is 9.53 Å². The SMILES string of the molecule is CCOC(=O)C1=C(c2ccccc2)N=c2s/c(=C/c3cc([N+](=O)[O-])ccc3Sc3nc(C)cc(=O)[nH]3)c(=O)n2[C@H]1c1ccc(Cl)cc1. The molecule has 3 aromatic carbocycles. The summed E-state index contributed by atoms with van der Waals surface area (Å²) in [4.78, 5) is 63.9. The lowest BCUT2D eigenvalue weighted by Gasteiger charge is -2.25. The van der Waals surface area contributed by atoms with Gasteiger partial charge in [-0.25, -0.2) is 14.8 Å². The van der Waals surface area contributed by atoms with Crippen molar-refractivity contribution in [2.75, 3.05) is 6.61 Å². The number of hydrogen-bond donors (Lipinski definition) is 1. The summed E-state index contributed by atoms with van der Waals surface area (Å²) >= 11 is 8.39. The number of fused-ring (bicyclic) bond motifs is 1. The Morgan fingerprint density at radius 2 is 1.87 bits per heavy atom. The zero-order chi connectivity index (χ0) is 33.2. The van der Waals surface area contributed by atoms with Crippen molar-refractivity contribution in [1.82, 2.24) is 14.5 Å². The highest BCUT2D eigenvalue weighted by atomic mass is 35.5. The Morgan fingerprint density at radius 1 is 1.13 bits per heavy atom. The predicted octanol–water partition coefficient (Wildman–Crippen LogP) is 5.04. The number of ether oxygens (including phenoxy) is 1. The molecule has 11 nitrogen and oxygen atoms in total. The lowest BCUT2D eigenvalue weighted by Crippen LogP contribution is -2.40. The molecule has 1 aliphatic heterocycles. The predicted molar refractivity (Wildman–Crippen MR) is 179 cm³/mol. The van der Waals surface area contributed by atoms with E-state index in [9.17, 15) is 24.5 Å². The van der Waals surface area contributed by atoms with E-state index in [0.717, 1.165) is 23.1 Å². The van der Waals surface area contributed by atoms with Gasteiger partial charge >= 0.3 is 5.97 Å². The third-order valence-corrected chi connectivity index (χ3v) is 9.32. The summed E-state index contributed by atoms with van der Waals surface area (Å²) in [6.45, 7) is 3.49. The number of aromatic nitrogens is 3. The number of halogens is 1. The first-order valence-corrected chi connectivity index (χ1v) is 16.2. The van der Waals surface area contributed by atoms with Crippen molar-refractivity contribution in [3.05, 3.63) is 152 Å². The standard InChI is InChI=1S/C33H24ClN5O6S2/c1-3-45-31(42)27-28(19-7-5-4-6-8-19)37-33-38(29(27)20-9-11-22(34)12-10-20)30(41)25(47-33)17-21-16-23(39(43)44)13-14-24(21)46-32-35-18(2)15-26(40)36-32/h4-17,29H,3H2,1-2H3,(H,35,36,40)/b25-17+/t29-/m0/s1. The molecule has 1 aliphatic rings. The number of nitro benzene ring substituents is 1. The van der Waals surface area contributed by atoms with E-state index in [4.69, 9.17) is 21.3 Å². The van der Waals surface area contributed by atoms with Crippen LogP contribution in [0.4, 0.5) is 5.69 Å². The summed E-state index contributed by atoms with van der Waals surface area (Å²) in [5.74, 6) is -0.624. The molecule has 0 bridgehead atoms. The van der Waals surface area contributed by atoms with E-state index in [-0.39, 0.29) is 33.1 Å². The van der Waals surface area contributed by atoms with E-state index < -0.39 is 22.5 Å². The van der Waals surface area contributed by atoms with Gasteiger partial charge in [-0.05, 0) is 49.2 Å². The largest absolute Gasteiger partial charge is 0.463 e. The number of non-ortho nitro benzene ring substituents is 1. The van der Waals surface area contributed by atoms with Crippen molar-refractivity contribution < 1.29 is 14.5 Å². The van der Waals surface area contributed by atoms with Crippen molar-refractivity contribution in [2.45, 2.75) is 29.9 Å². The fourth-order valence-electron chi connectivity index (χ4n) is 5.10. The summed E-state index contributed by atoms with van der Waals surface area (Å²) in [6, 6.07) is 20.6. The lowest BCUT2D eigenvalue weighted by atomic mass is 9.93. The maximum Gasteiger partial charge on any atom is 0.338 e. The van der Waals surface area contributed by atoms with E-state index in [0.29, 0.717) is 42.8 Å². The molecular weight excluding hydrogens is 662 g/mol. The Bertz CT molecular complexity index is 2310. The van der Waals surface area contributed by atoms with Crippen LogP contribution < -0.4 is 20.5 Å². The fraction of sp³-hybridized carbons (Fsp3) is 0.121. The summed E-state index contributed by atoms with van der Waals surface area (Å²) in [5.41, 5.74) is 1.67. The van der Waals surface area contributed by atoms with Gasteiger partial charge in [0.05, 0.1) is 33.4 Å². The van der Waals surface area contributed by atoms with Crippen LogP contribution in [0.15, 0.2) is 109 Å². The van der Waals surface area contributed by atoms with Crippen molar-refractivity contribution in [1.29, 1.82) is 0 Å². The van der Waals surface area contributed by atoms with Crippen molar-refractivity contribution >= 4 is 58.1 Å². The molecule has 6 rings (SSSR count). The molecule has 236 valence electrons. The molecule has 1 N–H and O–H groups in total. The van der Waals surface area contributed by atoms with Crippen LogP contribution in [0.25, 0.3) is 11.8 Å². The van der Waals surface area contributed by atoms with Crippen LogP contribution in [0, 0.1) is 17.0 Å². The molecule has 0 aliphatic carbocycles. The summed E-state index contributed by atoms with van der Waals surface area (Å²) in [7, 11) is 0. The van der Waals surface area contributed by atoms with E-state index in [1.54, 1.807) is 44.2 Å². The number of nitrogens with zero attached hydrogens (tertiary/aromatic N) is 4. The second-order valence-electron chi connectivity index (χ2n) is 10.3. The molecule has 0 fully saturated rings. The number of hydrogen-bond acceptors (Lipinski definition) is 10. The van der Waals surface area contributed by atoms with Gasteiger partial charge in [0.2, 0.25) is 0 Å². The number of rotatable bonds is 8. The molecule has 14 heteroatoms. The summed E-state index contributed by atoms with van der Waals surface area (Å²) < 4.78 is 7.14. The Hall–Kier alpha value is -5.11. The van der Waals surface area contributed by atoms with Crippen LogP contribution in [0.1, 0.15) is 35.3 Å². The van der Waals surface area contributed by atoms with E-state index >= 15 is 0 Å². The fourth-order valence-corrected chi connectivity index (χ4v) is 7.14. The topological polar surface area (TPSA) is 150 Å². The molecular formula is C33H24ClN5O6S2. The second kappa shape index (κ2) is 13.3. The van der Waals surface area contributed by atoms with Crippen molar-refractivity contribution in [2.24, 2.45) is 4.99 Å². The Labute approximate surface area is 279 Å². The molecule has 0 saturated heterocycles. The molecule has 0 spiro atoms. The average molecular weight is 686 g/mol. The first kappa shape index (κ1) is 31.9. The number of carbonyl (C=O) groups excluding carboxylic acids is 1. The highest BCUT2D eigenvalue weighted by Gasteiger charge is 2.35. The maximum absolute atomic E-state index is 14.3. The zero-order valence-corrected chi connectivity index (χ0v) is 27.2. The third-order valence-electron chi connectivity index (χ3n) is 7.10. The van der Waals surface area contributed by atoms with Gasteiger partial charge in [-0.15, -0.1) is 0 Å². The molecule has 0 saturated carbocycles. The highest BCUT2D eigenvalue weighted by Crippen LogP contribution is 2.36. The number of carbonyl (C=O) groups is 1. The van der Waals surface area contributed by atoms with Crippen LogP contribution in [-0.4, -0.2) is 32.0 Å². The summed E-state index contributed by atoms with van der Waals surface area (Å²) in [6.07, 6.45) is 1.54. The van der Waals surface area contributed by atoms with E-state index in [2.05, 4.69) is 9.97 Å². The van der Waals surface area contributed by atoms with Gasteiger partial charge in [0, 0.05) is 39.4 Å². The van der Waals surface area contributed by atoms with Crippen LogP contribution in [0.3, 0.4) is 0 Å². The van der Waals surface area contributed by atoms with Crippen LogP contribution >= 0.6 is 34.7 Å². The minimum absolute atomic E-state index is 0.108. The number of esters is 1. The molecule has 0 amide bonds. The number of nitrogens with one attached hydrogen (secondary N) is 1. The number of aryl methyl sites for hydroxylation is 1. The normalized spacial score (nSPS) is 14.4. The van der Waals surface area contributed by atoms with Gasteiger partial charge in [0.1, 0.15) is 0 Å². The van der Waals surface area contributed by atoms with Crippen LogP contribution in [0.2, 0.25) is 5.02 Å². The maximum atomic E-state index is 14.3. The number of nitro groups is 1. The summed E-state index contributed by atoms with van der Waals surface area (Å²) in [5, 5.41) is 12.5. The minimum Gasteiger partial charge on any atom is -0.463 e. The van der Waals surface area contributed by atoms with Gasteiger partial charge in [-0.2, -0.15) is 0 Å². The minimum atomic E-state index is -0.916. The second-order valence-corrected chi connectivity index (χ2v) is 12.7. The van der Waals surface area contributed by atoms with Gasteiger partial charge in [-0.3, -0.25) is 24.3 Å². The van der Waals surface area contributed by atoms with Gasteiger partial charge in [0.15, 0.2) is 9.96 Å². The Morgan fingerprint density at radius 3 is 2.55 bits per heavy atom. The third kappa shape index (κ3) is 6.59. The first-order valence-electron chi connectivity index (χ1n) is 14.2. The number of thiazole rings is 1. The molecule has 2 aromatic heterocycles. The van der Waals surface area contributed by atoms with E-state index in [1.165, 1.54) is 28.8 Å².